The Labute approximate surface area is 108 Å². The van der Waals surface area contributed by atoms with Gasteiger partial charge in [0.25, 0.3) is 0 Å². The van der Waals surface area contributed by atoms with Crippen molar-refractivity contribution in [1.29, 1.82) is 0 Å². The van der Waals surface area contributed by atoms with E-state index in [9.17, 15) is 0 Å². The SMILES string of the molecule is CC(C)(C)CCOCCNC1CCCCCC1. The summed E-state index contributed by atoms with van der Waals surface area (Å²) in [6.07, 6.45) is 9.55. The number of hydrogen-bond acceptors (Lipinski definition) is 2. The molecule has 0 bridgehead atoms. The molecule has 1 aliphatic rings. The molecule has 0 radical (unpaired) electrons. The standard InChI is InChI=1S/C15H31NO/c1-15(2,3)10-12-17-13-11-16-14-8-6-4-5-7-9-14/h14,16H,4-13H2,1-3H3. The molecule has 0 heterocycles. The van der Waals surface area contributed by atoms with Gasteiger partial charge < -0.3 is 10.1 Å². The Morgan fingerprint density at radius 1 is 1.00 bits per heavy atom. The first-order chi connectivity index (χ1) is 8.08. The maximum atomic E-state index is 5.67. The van der Waals surface area contributed by atoms with Gasteiger partial charge in [0.05, 0.1) is 6.61 Å². The van der Waals surface area contributed by atoms with Crippen molar-refractivity contribution < 1.29 is 4.74 Å². The van der Waals surface area contributed by atoms with Gasteiger partial charge in [0.1, 0.15) is 0 Å². The van der Waals surface area contributed by atoms with Crippen LogP contribution in [0.2, 0.25) is 0 Å². The summed E-state index contributed by atoms with van der Waals surface area (Å²) < 4.78 is 5.67. The van der Waals surface area contributed by atoms with E-state index < -0.39 is 0 Å². The fourth-order valence-electron chi connectivity index (χ4n) is 2.30. The second-order valence-corrected chi connectivity index (χ2v) is 6.57. The molecule has 2 nitrogen and oxygen atoms in total. The third-order valence-corrected chi connectivity index (χ3v) is 3.53. The molecule has 2 heteroatoms. The fourth-order valence-corrected chi connectivity index (χ4v) is 2.30. The van der Waals surface area contributed by atoms with Crippen molar-refractivity contribution >= 4 is 0 Å². The van der Waals surface area contributed by atoms with Crippen molar-refractivity contribution in [2.75, 3.05) is 19.8 Å². The van der Waals surface area contributed by atoms with E-state index in [1.807, 2.05) is 0 Å². The molecule has 0 unspecified atom stereocenters. The van der Waals surface area contributed by atoms with Crippen LogP contribution in [0.5, 0.6) is 0 Å². The number of hydrogen-bond donors (Lipinski definition) is 1. The Kier molecular flexibility index (Phi) is 7.14. The van der Waals surface area contributed by atoms with Crippen LogP contribution in [0.25, 0.3) is 0 Å². The van der Waals surface area contributed by atoms with Crippen LogP contribution in [0.4, 0.5) is 0 Å². The number of ether oxygens (including phenoxy) is 1. The van der Waals surface area contributed by atoms with Gasteiger partial charge in [-0.25, -0.2) is 0 Å². The van der Waals surface area contributed by atoms with E-state index in [4.69, 9.17) is 4.74 Å². The van der Waals surface area contributed by atoms with Crippen LogP contribution < -0.4 is 5.32 Å². The van der Waals surface area contributed by atoms with Crippen molar-refractivity contribution in [2.24, 2.45) is 5.41 Å². The molecule has 0 aromatic rings. The quantitative estimate of drug-likeness (QED) is 0.565. The molecule has 1 saturated carbocycles. The highest BCUT2D eigenvalue weighted by molar-refractivity contribution is 4.70. The lowest BCUT2D eigenvalue weighted by Gasteiger charge is -2.19. The minimum Gasteiger partial charge on any atom is -0.380 e. The second-order valence-electron chi connectivity index (χ2n) is 6.57. The lowest BCUT2D eigenvalue weighted by atomic mass is 9.93. The molecular formula is C15H31NO. The van der Waals surface area contributed by atoms with Gasteiger partial charge in [-0.05, 0) is 24.7 Å². The predicted molar refractivity (Wildman–Crippen MR) is 74.4 cm³/mol. The van der Waals surface area contributed by atoms with Crippen LogP contribution in [0.15, 0.2) is 0 Å². The van der Waals surface area contributed by atoms with Crippen LogP contribution >= 0.6 is 0 Å². The molecule has 0 spiro atoms. The summed E-state index contributed by atoms with van der Waals surface area (Å²) in [6, 6.07) is 0.753. The topological polar surface area (TPSA) is 21.3 Å². The first-order valence-electron chi connectivity index (χ1n) is 7.39. The molecule has 0 saturated heterocycles. The number of nitrogens with one attached hydrogen (secondary N) is 1. The van der Waals surface area contributed by atoms with Gasteiger partial charge in [-0.1, -0.05) is 46.5 Å². The molecule has 1 N–H and O–H groups in total. The monoisotopic (exact) mass is 241 g/mol. The van der Waals surface area contributed by atoms with Crippen molar-refractivity contribution in [3.8, 4) is 0 Å². The van der Waals surface area contributed by atoms with Gasteiger partial charge in [-0.15, -0.1) is 0 Å². The zero-order valence-electron chi connectivity index (χ0n) is 12.1. The summed E-state index contributed by atoms with van der Waals surface area (Å²) in [7, 11) is 0. The van der Waals surface area contributed by atoms with Crippen LogP contribution in [0.1, 0.15) is 65.7 Å². The van der Waals surface area contributed by atoms with E-state index in [0.29, 0.717) is 5.41 Å². The van der Waals surface area contributed by atoms with Crippen molar-refractivity contribution in [3.63, 3.8) is 0 Å². The highest BCUT2D eigenvalue weighted by Gasteiger charge is 2.11. The van der Waals surface area contributed by atoms with E-state index in [2.05, 4.69) is 26.1 Å². The molecule has 17 heavy (non-hydrogen) atoms. The Bertz CT molecular complexity index is 178. The van der Waals surface area contributed by atoms with Gasteiger partial charge >= 0.3 is 0 Å². The minimum absolute atomic E-state index is 0.398. The molecule has 0 aliphatic heterocycles. The fraction of sp³-hybridized carbons (Fsp3) is 1.00. The molecular weight excluding hydrogens is 210 g/mol. The Hall–Kier alpha value is -0.0800. The summed E-state index contributed by atoms with van der Waals surface area (Å²) in [5.41, 5.74) is 0.398. The van der Waals surface area contributed by atoms with Crippen LogP contribution in [-0.2, 0) is 4.74 Å². The molecule has 1 rings (SSSR count). The molecule has 0 aromatic heterocycles. The Balaban J connectivity index is 1.93. The summed E-state index contributed by atoms with van der Waals surface area (Å²) in [4.78, 5) is 0. The molecule has 0 amide bonds. The van der Waals surface area contributed by atoms with Crippen LogP contribution in [0.3, 0.4) is 0 Å². The van der Waals surface area contributed by atoms with Crippen molar-refractivity contribution in [2.45, 2.75) is 71.8 Å². The summed E-state index contributed by atoms with van der Waals surface area (Å²) in [6.45, 7) is 9.58. The van der Waals surface area contributed by atoms with Crippen molar-refractivity contribution in [1.82, 2.24) is 5.32 Å². The third kappa shape index (κ3) is 8.62. The summed E-state index contributed by atoms with van der Waals surface area (Å²) in [5, 5.41) is 3.63. The van der Waals surface area contributed by atoms with Gasteiger partial charge in [-0.2, -0.15) is 0 Å². The average Bonchev–Trinajstić information content (AvgIpc) is 2.50. The minimum atomic E-state index is 0.398. The van der Waals surface area contributed by atoms with E-state index in [1.165, 1.54) is 38.5 Å². The zero-order chi connectivity index (χ0) is 12.6. The summed E-state index contributed by atoms with van der Waals surface area (Å²) >= 11 is 0. The smallest absolute Gasteiger partial charge is 0.0591 e. The van der Waals surface area contributed by atoms with Crippen LogP contribution in [0, 0.1) is 5.41 Å². The van der Waals surface area contributed by atoms with Crippen molar-refractivity contribution in [3.05, 3.63) is 0 Å². The average molecular weight is 241 g/mol. The van der Waals surface area contributed by atoms with E-state index in [1.54, 1.807) is 0 Å². The highest BCUT2D eigenvalue weighted by Crippen LogP contribution is 2.18. The Morgan fingerprint density at radius 2 is 1.65 bits per heavy atom. The molecule has 102 valence electrons. The summed E-state index contributed by atoms with van der Waals surface area (Å²) in [5.74, 6) is 0. The predicted octanol–water partition coefficient (Wildman–Crippen LogP) is 3.75. The molecule has 0 atom stereocenters. The second kappa shape index (κ2) is 8.10. The first-order valence-corrected chi connectivity index (χ1v) is 7.39. The highest BCUT2D eigenvalue weighted by atomic mass is 16.5. The van der Waals surface area contributed by atoms with Gasteiger partial charge in [0.2, 0.25) is 0 Å². The van der Waals surface area contributed by atoms with Gasteiger partial charge in [0, 0.05) is 19.2 Å². The lowest BCUT2D eigenvalue weighted by Crippen LogP contribution is -2.31. The Morgan fingerprint density at radius 3 is 2.24 bits per heavy atom. The molecule has 0 aromatic carbocycles. The third-order valence-electron chi connectivity index (χ3n) is 3.53. The largest absolute Gasteiger partial charge is 0.380 e. The maximum absolute atomic E-state index is 5.67. The van der Waals surface area contributed by atoms with E-state index in [-0.39, 0.29) is 0 Å². The zero-order valence-corrected chi connectivity index (χ0v) is 12.1. The molecule has 1 fully saturated rings. The maximum Gasteiger partial charge on any atom is 0.0591 e. The van der Waals surface area contributed by atoms with Gasteiger partial charge in [0.15, 0.2) is 0 Å². The number of rotatable bonds is 6. The first kappa shape index (κ1) is 15.0. The van der Waals surface area contributed by atoms with Crippen LogP contribution in [-0.4, -0.2) is 25.8 Å². The van der Waals surface area contributed by atoms with E-state index >= 15 is 0 Å². The lowest BCUT2D eigenvalue weighted by molar-refractivity contribution is 0.108. The molecule has 1 aliphatic carbocycles. The van der Waals surface area contributed by atoms with E-state index in [0.717, 1.165) is 32.2 Å². The van der Waals surface area contributed by atoms with Gasteiger partial charge in [-0.3, -0.25) is 0 Å². The normalized spacial score (nSPS) is 19.2.